The molecule has 0 aliphatic rings. The predicted octanol–water partition coefficient (Wildman–Crippen LogP) is 6.84. The second-order valence-corrected chi connectivity index (χ2v) is 9.64. The Morgan fingerprint density at radius 3 is 2.11 bits per heavy atom. The zero-order chi connectivity index (χ0) is 27.6. The number of para-hydroxylation sites is 1. The second kappa shape index (κ2) is 10.5. The number of carbonyl (C=O) groups is 2. The summed E-state index contributed by atoms with van der Waals surface area (Å²) in [6, 6.07) is 7.35. The maximum Gasteiger partial charge on any atom is 0.416 e. The smallest absolute Gasteiger partial charge is 0.416 e. The lowest BCUT2D eigenvalue weighted by Gasteiger charge is -2.23. The van der Waals surface area contributed by atoms with Crippen LogP contribution < -0.4 is 5.32 Å². The van der Waals surface area contributed by atoms with Crippen molar-refractivity contribution < 1.29 is 40.7 Å². The summed E-state index contributed by atoms with van der Waals surface area (Å²) in [6.07, 6.45) is -9.92. The average molecular weight is 528 g/mol. The SMILES string of the molecule is CC(C)(C)OC(=O)NC(Cc1c[nH]c2ccccc12)C(=O)CCc1cc(C(F)(F)F)cc(C(F)(F)F)c1. The quantitative estimate of drug-likeness (QED) is 0.330. The number of alkyl halides is 6. The van der Waals surface area contributed by atoms with Crippen molar-refractivity contribution >= 4 is 22.8 Å². The highest BCUT2D eigenvalue weighted by atomic mass is 19.4. The standard InChI is InChI=1S/C26H26F6N2O3/c1-24(2,3)37-23(36)34-21(12-16-14-33-20-7-5-4-6-19(16)20)22(35)9-8-15-10-17(25(27,28)29)13-18(11-15)26(30,31)32/h4-7,10-11,13-14,21,33H,8-9,12H2,1-3H3,(H,34,36). The molecule has 0 aliphatic carbocycles. The van der Waals surface area contributed by atoms with Gasteiger partial charge in [-0.1, -0.05) is 18.2 Å². The van der Waals surface area contributed by atoms with E-state index in [4.69, 9.17) is 4.74 Å². The molecule has 0 spiro atoms. The number of alkyl carbamates (subject to hydrolysis) is 1. The number of ketones is 1. The molecule has 37 heavy (non-hydrogen) atoms. The van der Waals surface area contributed by atoms with Crippen molar-refractivity contribution in [2.24, 2.45) is 0 Å². The zero-order valence-electron chi connectivity index (χ0n) is 20.3. The van der Waals surface area contributed by atoms with Gasteiger partial charge in [0.25, 0.3) is 0 Å². The van der Waals surface area contributed by atoms with Crippen LogP contribution in [-0.4, -0.2) is 28.5 Å². The maximum atomic E-state index is 13.2. The number of hydrogen-bond donors (Lipinski definition) is 2. The molecule has 1 unspecified atom stereocenters. The van der Waals surface area contributed by atoms with Crippen LogP contribution in [0.3, 0.4) is 0 Å². The van der Waals surface area contributed by atoms with Gasteiger partial charge in [0.15, 0.2) is 5.78 Å². The first kappa shape index (κ1) is 28.1. The molecule has 11 heteroatoms. The molecule has 0 saturated carbocycles. The Balaban J connectivity index is 1.84. The third-order valence-corrected chi connectivity index (χ3v) is 5.49. The van der Waals surface area contributed by atoms with Gasteiger partial charge in [0.05, 0.1) is 17.2 Å². The van der Waals surface area contributed by atoms with Gasteiger partial charge in [-0.25, -0.2) is 4.79 Å². The summed E-state index contributed by atoms with van der Waals surface area (Å²) in [5, 5.41) is 3.30. The number of H-pyrrole nitrogens is 1. The van der Waals surface area contributed by atoms with Crippen molar-refractivity contribution in [2.75, 3.05) is 0 Å². The summed E-state index contributed by atoms with van der Waals surface area (Å²) in [5.41, 5.74) is -2.56. The Kier molecular flexibility index (Phi) is 7.94. The molecule has 3 rings (SSSR count). The third kappa shape index (κ3) is 7.74. The molecule has 2 aromatic carbocycles. The normalized spacial score (nSPS) is 13.4. The van der Waals surface area contributed by atoms with Crippen LogP contribution in [0, 0.1) is 0 Å². The predicted molar refractivity (Wildman–Crippen MR) is 125 cm³/mol. The van der Waals surface area contributed by atoms with Gasteiger partial charge in [-0.15, -0.1) is 0 Å². The minimum Gasteiger partial charge on any atom is -0.444 e. The molecular weight excluding hydrogens is 502 g/mol. The molecule has 0 aliphatic heterocycles. The van der Waals surface area contributed by atoms with Crippen molar-refractivity contribution in [3.8, 4) is 0 Å². The number of rotatable bonds is 7. The number of aromatic nitrogens is 1. The van der Waals surface area contributed by atoms with Gasteiger partial charge in [0.2, 0.25) is 0 Å². The molecule has 1 aromatic heterocycles. The van der Waals surface area contributed by atoms with Gasteiger partial charge in [-0.2, -0.15) is 26.3 Å². The Morgan fingerprint density at radius 1 is 0.946 bits per heavy atom. The molecule has 5 nitrogen and oxygen atoms in total. The molecular formula is C26H26F6N2O3. The maximum absolute atomic E-state index is 13.2. The monoisotopic (exact) mass is 528 g/mol. The van der Waals surface area contributed by atoms with Crippen LogP contribution >= 0.6 is 0 Å². The zero-order valence-corrected chi connectivity index (χ0v) is 20.3. The first-order chi connectivity index (χ1) is 17.0. The summed E-state index contributed by atoms with van der Waals surface area (Å²) in [4.78, 5) is 28.6. The van der Waals surface area contributed by atoms with E-state index in [2.05, 4.69) is 10.3 Å². The van der Waals surface area contributed by atoms with E-state index in [1.165, 1.54) is 0 Å². The second-order valence-electron chi connectivity index (χ2n) is 9.64. The highest BCUT2D eigenvalue weighted by Gasteiger charge is 2.37. The number of amides is 1. The van der Waals surface area contributed by atoms with E-state index in [9.17, 15) is 35.9 Å². The lowest BCUT2D eigenvalue weighted by atomic mass is 9.96. The van der Waals surface area contributed by atoms with Crippen LogP contribution in [0.15, 0.2) is 48.7 Å². The first-order valence-electron chi connectivity index (χ1n) is 11.4. The van der Waals surface area contributed by atoms with E-state index in [1.54, 1.807) is 33.0 Å². The van der Waals surface area contributed by atoms with E-state index >= 15 is 0 Å². The van der Waals surface area contributed by atoms with Gasteiger partial charge in [-0.05, 0) is 62.6 Å². The number of nitrogens with one attached hydrogen (secondary N) is 2. The summed E-state index contributed by atoms with van der Waals surface area (Å²) < 4.78 is 84.3. The average Bonchev–Trinajstić information content (AvgIpc) is 3.17. The molecule has 3 aromatic rings. The first-order valence-corrected chi connectivity index (χ1v) is 11.4. The van der Waals surface area contributed by atoms with Gasteiger partial charge < -0.3 is 15.0 Å². The van der Waals surface area contributed by atoms with Crippen molar-refractivity contribution in [1.82, 2.24) is 10.3 Å². The van der Waals surface area contributed by atoms with Crippen LogP contribution in [0.1, 0.15) is 49.4 Å². The molecule has 1 heterocycles. The van der Waals surface area contributed by atoms with Crippen LogP contribution in [0.25, 0.3) is 10.9 Å². The number of hydrogen-bond acceptors (Lipinski definition) is 3. The lowest BCUT2D eigenvalue weighted by Crippen LogP contribution is -2.44. The summed E-state index contributed by atoms with van der Waals surface area (Å²) >= 11 is 0. The van der Waals surface area contributed by atoms with Crippen LogP contribution in [0.2, 0.25) is 0 Å². The largest absolute Gasteiger partial charge is 0.444 e. The van der Waals surface area contributed by atoms with E-state index in [-0.39, 0.29) is 24.5 Å². The molecule has 1 atom stereocenters. The topological polar surface area (TPSA) is 71.2 Å². The van der Waals surface area contributed by atoms with Crippen LogP contribution in [0.5, 0.6) is 0 Å². The highest BCUT2D eigenvalue weighted by Crippen LogP contribution is 2.36. The van der Waals surface area contributed by atoms with Crippen molar-refractivity contribution in [3.63, 3.8) is 0 Å². The number of aromatic amines is 1. The number of halogens is 6. The number of Topliss-reactive ketones (excluding diaryl/α,β-unsaturated/α-hetero) is 1. The summed E-state index contributed by atoms with van der Waals surface area (Å²) in [7, 11) is 0. The fraction of sp³-hybridized carbons (Fsp3) is 0.385. The van der Waals surface area contributed by atoms with Gasteiger partial charge >= 0.3 is 18.4 Å². The van der Waals surface area contributed by atoms with E-state index in [0.717, 1.165) is 10.9 Å². The molecule has 200 valence electrons. The number of fused-ring (bicyclic) bond motifs is 1. The minimum absolute atomic E-state index is 0.0369. The molecule has 0 fully saturated rings. The summed E-state index contributed by atoms with van der Waals surface area (Å²) in [6.45, 7) is 4.90. The highest BCUT2D eigenvalue weighted by molar-refractivity contribution is 5.89. The van der Waals surface area contributed by atoms with Gasteiger partial charge in [0, 0.05) is 29.9 Å². The Morgan fingerprint density at radius 2 is 1.54 bits per heavy atom. The number of carbonyl (C=O) groups excluding carboxylic acids is 2. The fourth-order valence-electron chi connectivity index (χ4n) is 3.82. The van der Waals surface area contributed by atoms with E-state index < -0.39 is 53.4 Å². The number of aryl methyl sites for hydroxylation is 1. The third-order valence-electron chi connectivity index (χ3n) is 5.49. The van der Waals surface area contributed by atoms with Crippen LogP contribution in [0.4, 0.5) is 31.1 Å². The Hall–Kier alpha value is -3.50. The van der Waals surface area contributed by atoms with Gasteiger partial charge in [-0.3, -0.25) is 4.79 Å². The fourth-order valence-corrected chi connectivity index (χ4v) is 3.82. The van der Waals surface area contributed by atoms with Crippen LogP contribution in [-0.2, 0) is 34.7 Å². The van der Waals surface area contributed by atoms with E-state index in [1.807, 2.05) is 18.2 Å². The molecule has 0 saturated heterocycles. The van der Waals surface area contributed by atoms with E-state index in [0.29, 0.717) is 17.7 Å². The lowest BCUT2D eigenvalue weighted by molar-refractivity contribution is -0.143. The molecule has 0 radical (unpaired) electrons. The Labute approximate surface area is 209 Å². The van der Waals surface area contributed by atoms with Crippen molar-refractivity contribution in [3.05, 3.63) is 70.9 Å². The molecule has 1 amide bonds. The molecule has 2 N–H and O–H groups in total. The van der Waals surface area contributed by atoms with Gasteiger partial charge in [0.1, 0.15) is 5.60 Å². The minimum atomic E-state index is -4.99. The summed E-state index contributed by atoms with van der Waals surface area (Å²) in [5.74, 6) is -0.567. The molecule has 0 bridgehead atoms. The number of ether oxygens (including phenoxy) is 1. The van der Waals surface area contributed by atoms with Crippen molar-refractivity contribution in [1.29, 1.82) is 0 Å². The Bertz CT molecular complexity index is 1240. The van der Waals surface area contributed by atoms with Crippen molar-refractivity contribution in [2.45, 2.75) is 64.0 Å². The number of benzene rings is 2.